The third kappa shape index (κ3) is 2.82. The number of halogens is 2. The van der Waals surface area contributed by atoms with Gasteiger partial charge in [-0.25, -0.2) is 17.2 Å². The lowest BCUT2D eigenvalue weighted by Gasteiger charge is -2.09. The fraction of sp³-hybridized carbons (Fsp3) is 0. The van der Waals surface area contributed by atoms with E-state index in [1.807, 2.05) is 0 Å². The first-order valence-corrected chi connectivity index (χ1v) is 6.71. The fourth-order valence-corrected chi connectivity index (χ4v) is 2.54. The molecule has 3 N–H and O–H groups in total. The van der Waals surface area contributed by atoms with Gasteiger partial charge in [-0.05, 0) is 30.3 Å². The highest BCUT2D eigenvalue weighted by Crippen LogP contribution is 2.21. The summed E-state index contributed by atoms with van der Waals surface area (Å²) >= 11 is 0. The lowest BCUT2D eigenvalue weighted by Crippen LogP contribution is -2.14. The van der Waals surface area contributed by atoms with Crippen LogP contribution in [0.5, 0.6) is 0 Å². The van der Waals surface area contributed by atoms with Gasteiger partial charge in [0.15, 0.2) is 0 Å². The molecule has 2 aromatic carbocycles. The zero-order chi connectivity index (χ0) is 14.0. The second-order valence-corrected chi connectivity index (χ2v) is 5.45. The molecule has 4 nitrogen and oxygen atoms in total. The predicted molar refractivity (Wildman–Crippen MR) is 68.0 cm³/mol. The molecule has 0 aliphatic heterocycles. The van der Waals surface area contributed by atoms with Crippen LogP contribution in [0.4, 0.5) is 20.2 Å². The van der Waals surface area contributed by atoms with Crippen molar-refractivity contribution in [2.45, 2.75) is 4.90 Å². The van der Waals surface area contributed by atoms with Crippen LogP contribution < -0.4 is 10.5 Å². The second kappa shape index (κ2) is 4.85. The van der Waals surface area contributed by atoms with Crippen LogP contribution >= 0.6 is 0 Å². The van der Waals surface area contributed by atoms with Crippen molar-refractivity contribution < 1.29 is 17.2 Å². The van der Waals surface area contributed by atoms with Crippen molar-refractivity contribution in [3.63, 3.8) is 0 Å². The minimum atomic E-state index is -4.01. The van der Waals surface area contributed by atoms with Gasteiger partial charge in [-0.1, -0.05) is 12.1 Å². The van der Waals surface area contributed by atoms with E-state index in [-0.39, 0.29) is 16.3 Å². The van der Waals surface area contributed by atoms with Crippen molar-refractivity contribution in [1.82, 2.24) is 0 Å². The average molecular weight is 284 g/mol. The van der Waals surface area contributed by atoms with Crippen molar-refractivity contribution in [1.29, 1.82) is 0 Å². The fourth-order valence-electron chi connectivity index (χ4n) is 1.44. The highest BCUT2D eigenvalue weighted by atomic mass is 32.2. The predicted octanol–water partition coefficient (Wildman–Crippen LogP) is 2.35. The minimum absolute atomic E-state index is 0.189. The van der Waals surface area contributed by atoms with Crippen LogP contribution in [0.3, 0.4) is 0 Å². The van der Waals surface area contributed by atoms with Crippen molar-refractivity contribution in [3.05, 3.63) is 54.1 Å². The summed E-state index contributed by atoms with van der Waals surface area (Å²) in [6.45, 7) is 0. The number of hydrogen-bond donors (Lipinski definition) is 2. The largest absolute Gasteiger partial charge is 0.396 e. The summed E-state index contributed by atoms with van der Waals surface area (Å²) < 4.78 is 52.3. The lowest BCUT2D eigenvalue weighted by molar-refractivity contribution is 0.597. The summed E-state index contributed by atoms with van der Waals surface area (Å²) in [7, 11) is -4.01. The van der Waals surface area contributed by atoms with Crippen LogP contribution in [0.25, 0.3) is 0 Å². The van der Waals surface area contributed by atoms with Gasteiger partial charge in [0.1, 0.15) is 11.6 Å². The highest BCUT2D eigenvalue weighted by Gasteiger charge is 2.17. The first-order valence-electron chi connectivity index (χ1n) is 5.22. The van der Waals surface area contributed by atoms with Gasteiger partial charge in [-0.15, -0.1) is 0 Å². The Balaban J connectivity index is 2.38. The maximum atomic E-state index is 13.4. The van der Waals surface area contributed by atoms with E-state index in [1.54, 1.807) is 0 Å². The zero-order valence-electron chi connectivity index (χ0n) is 9.60. The molecule has 0 amide bonds. The van der Waals surface area contributed by atoms with Crippen LogP contribution in [0.2, 0.25) is 0 Å². The smallest absolute Gasteiger partial charge is 0.262 e. The number of nitrogens with one attached hydrogen (secondary N) is 1. The third-order valence-electron chi connectivity index (χ3n) is 2.40. The van der Waals surface area contributed by atoms with Gasteiger partial charge in [0.05, 0.1) is 16.3 Å². The molecule has 0 aliphatic rings. The van der Waals surface area contributed by atoms with E-state index in [0.717, 1.165) is 24.3 Å². The number of benzene rings is 2. The Morgan fingerprint density at radius 3 is 2.32 bits per heavy atom. The molecule has 0 aliphatic carbocycles. The molecule has 0 spiro atoms. The van der Waals surface area contributed by atoms with E-state index in [1.165, 1.54) is 18.2 Å². The topological polar surface area (TPSA) is 72.2 Å². The molecule has 2 aromatic rings. The Morgan fingerprint density at radius 2 is 1.68 bits per heavy atom. The van der Waals surface area contributed by atoms with Gasteiger partial charge in [-0.2, -0.15) is 0 Å². The van der Waals surface area contributed by atoms with E-state index < -0.39 is 21.7 Å². The van der Waals surface area contributed by atoms with Crippen LogP contribution in [0.1, 0.15) is 0 Å². The van der Waals surface area contributed by atoms with E-state index in [0.29, 0.717) is 0 Å². The van der Waals surface area contributed by atoms with Crippen molar-refractivity contribution in [3.8, 4) is 0 Å². The van der Waals surface area contributed by atoms with Gasteiger partial charge in [-0.3, -0.25) is 4.72 Å². The molecule has 19 heavy (non-hydrogen) atoms. The van der Waals surface area contributed by atoms with Crippen LogP contribution in [-0.4, -0.2) is 8.42 Å². The molecule has 100 valence electrons. The van der Waals surface area contributed by atoms with Gasteiger partial charge in [0.2, 0.25) is 0 Å². The minimum Gasteiger partial charge on any atom is -0.396 e. The average Bonchev–Trinajstić information content (AvgIpc) is 2.35. The van der Waals surface area contributed by atoms with Gasteiger partial charge >= 0.3 is 0 Å². The maximum Gasteiger partial charge on any atom is 0.262 e. The number of nitrogen functional groups attached to an aromatic ring is 1. The number of nitrogens with two attached hydrogens (primary N) is 1. The highest BCUT2D eigenvalue weighted by molar-refractivity contribution is 7.92. The van der Waals surface area contributed by atoms with Crippen molar-refractivity contribution >= 4 is 21.4 Å². The van der Waals surface area contributed by atoms with Gasteiger partial charge < -0.3 is 5.73 Å². The first-order chi connectivity index (χ1) is 8.90. The molecule has 2 rings (SSSR count). The van der Waals surface area contributed by atoms with Gasteiger partial charge in [0, 0.05) is 0 Å². The number of anilines is 2. The quantitative estimate of drug-likeness (QED) is 0.850. The summed E-state index contributed by atoms with van der Waals surface area (Å²) in [5.74, 6) is -1.42. The van der Waals surface area contributed by atoms with E-state index in [9.17, 15) is 17.2 Å². The van der Waals surface area contributed by atoms with E-state index in [2.05, 4.69) is 4.72 Å². The van der Waals surface area contributed by atoms with Crippen molar-refractivity contribution in [2.75, 3.05) is 10.5 Å². The molecule has 7 heteroatoms. The summed E-state index contributed by atoms with van der Waals surface area (Å²) in [6.07, 6.45) is 0. The SMILES string of the molecule is Nc1cc(S(=O)(=O)Nc2ccccc2F)ccc1F. The monoisotopic (exact) mass is 284 g/mol. The molecule has 0 radical (unpaired) electrons. The summed E-state index contributed by atoms with van der Waals surface area (Å²) in [5, 5.41) is 0. The molecule has 0 aromatic heterocycles. The Morgan fingerprint density at radius 1 is 1.00 bits per heavy atom. The van der Waals surface area contributed by atoms with E-state index >= 15 is 0 Å². The van der Waals surface area contributed by atoms with Crippen LogP contribution in [0.15, 0.2) is 47.4 Å². The van der Waals surface area contributed by atoms with Crippen LogP contribution in [0, 0.1) is 11.6 Å². The molecule has 0 saturated carbocycles. The van der Waals surface area contributed by atoms with Crippen molar-refractivity contribution in [2.24, 2.45) is 0 Å². The standard InChI is InChI=1S/C12H10F2N2O2S/c13-9-6-5-8(7-11(9)15)19(17,18)16-12-4-2-1-3-10(12)14/h1-7,16H,15H2. The van der Waals surface area contributed by atoms with Gasteiger partial charge in [0.25, 0.3) is 10.0 Å². The maximum absolute atomic E-state index is 13.4. The molecule has 0 heterocycles. The number of para-hydroxylation sites is 1. The zero-order valence-corrected chi connectivity index (χ0v) is 10.4. The molecule has 0 atom stereocenters. The second-order valence-electron chi connectivity index (χ2n) is 3.77. The number of rotatable bonds is 3. The molecule has 0 fully saturated rings. The summed E-state index contributed by atoms with van der Waals surface area (Å²) in [6, 6.07) is 8.28. The third-order valence-corrected chi connectivity index (χ3v) is 3.76. The van der Waals surface area contributed by atoms with E-state index in [4.69, 9.17) is 5.73 Å². The molecule has 0 unspecified atom stereocenters. The Bertz CT molecular complexity index is 717. The van der Waals surface area contributed by atoms with Crippen LogP contribution in [-0.2, 0) is 10.0 Å². The summed E-state index contributed by atoms with van der Waals surface area (Å²) in [5.41, 5.74) is 4.81. The molecule has 0 saturated heterocycles. The lowest BCUT2D eigenvalue weighted by atomic mass is 10.3. The summed E-state index contributed by atoms with van der Waals surface area (Å²) in [4.78, 5) is -0.241. The molecule has 0 bridgehead atoms. The normalized spacial score (nSPS) is 11.3. The Kier molecular flexibility index (Phi) is 3.39. The first kappa shape index (κ1) is 13.3. The Hall–Kier alpha value is -2.15. The number of hydrogen-bond acceptors (Lipinski definition) is 3. The molecular formula is C12H10F2N2O2S. The molecular weight excluding hydrogens is 274 g/mol. The number of sulfonamides is 1. The Labute approximate surface area is 108 Å².